The van der Waals surface area contributed by atoms with E-state index in [1.807, 2.05) is 18.2 Å². The Bertz CT molecular complexity index is 436. The van der Waals surface area contributed by atoms with Crippen molar-refractivity contribution in [1.82, 2.24) is 5.32 Å². The van der Waals surface area contributed by atoms with Gasteiger partial charge in [-0.2, -0.15) is 5.26 Å². The second-order valence-electron chi connectivity index (χ2n) is 4.38. The van der Waals surface area contributed by atoms with Gasteiger partial charge in [0.2, 0.25) is 0 Å². The van der Waals surface area contributed by atoms with E-state index in [2.05, 4.69) is 27.3 Å². The normalized spacial score (nSPS) is 17.9. The summed E-state index contributed by atoms with van der Waals surface area (Å²) in [6, 6.07) is 8.20. The summed E-state index contributed by atoms with van der Waals surface area (Å²) in [5.74, 6) is 0. The van der Waals surface area contributed by atoms with Gasteiger partial charge in [0.15, 0.2) is 0 Å². The largest absolute Gasteiger partial charge is 0.295 e. The molecule has 0 radical (unpaired) electrons. The molecule has 0 aromatic heterocycles. The molecular weight excluding hydrogens is 300 g/mol. The van der Waals surface area contributed by atoms with E-state index in [4.69, 9.17) is 11.6 Å². The van der Waals surface area contributed by atoms with Crippen LogP contribution in [0.1, 0.15) is 37.3 Å². The lowest BCUT2D eigenvalue weighted by atomic mass is 10.1. The zero-order valence-electron chi connectivity index (χ0n) is 9.42. The first-order chi connectivity index (χ1) is 8.20. The van der Waals surface area contributed by atoms with E-state index >= 15 is 0 Å². The predicted octanol–water partition coefficient (Wildman–Crippen LogP) is 4.20. The Morgan fingerprint density at radius 2 is 2.12 bits per heavy atom. The van der Waals surface area contributed by atoms with Gasteiger partial charge >= 0.3 is 0 Å². The van der Waals surface area contributed by atoms with E-state index in [-0.39, 0.29) is 6.04 Å². The number of halogens is 2. The molecule has 1 aromatic carbocycles. The molecule has 0 bridgehead atoms. The van der Waals surface area contributed by atoms with Crippen molar-refractivity contribution >= 4 is 27.5 Å². The quantitative estimate of drug-likeness (QED) is 0.908. The lowest BCUT2D eigenvalue weighted by Crippen LogP contribution is -2.29. The van der Waals surface area contributed by atoms with E-state index in [0.717, 1.165) is 10.0 Å². The van der Waals surface area contributed by atoms with Crippen LogP contribution in [0.2, 0.25) is 5.02 Å². The number of rotatable bonds is 3. The highest BCUT2D eigenvalue weighted by Crippen LogP contribution is 2.27. The molecule has 2 rings (SSSR count). The lowest BCUT2D eigenvalue weighted by molar-refractivity contribution is 0.492. The summed E-state index contributed by atoms with van der Waals surface area (Å²) in [5.41, 5.74) is 0.968. The molecule has 0 heterocycles. The maximum Gasteiger partial charge on any atom is 0.121 e. The summed E-state index contributed by atoms with van der Waals surface area (Å²) < 4.78 is 0.838. The van der Waals surface area contributed by atoms with Crippen molar-refractivity contribution in [2.75, 3.05) is 0 Å². The van der Waals surface area contributed by atoms with Gasteiger partial charge in [0.05, 0.1) is 11.1 Å². The molecule has 1 saturated carbocycles. The molecule has 17 heavy (non-hydrogen) atoms. The standard InChI is InChI=1S/C13H14BrClN2/c14-11-7-9(5-6-12(11)15)13(8-16)17-10-3-1-2-4-10/h5-7,10,13,17H,1-4H2. The zero-order valence-corrected chi connectivity index (χ0v) is 11.8. The summed E-state index contributed by atoms with van der Waals surface area (Å²) in [6.07, 6.45) is 4.88. The average molecular weight is 314 g/mol. The molecule has 1 unspecified atom stereocenters. The van der Waals surface area contributed by atoms with Gasteiger partial charge in [-0.3, -0.25) is 5.32 Å². The van der Waals surface area contributed by atoms with Gasteiger partial charge in [-0.15, -0.1) is 0 Å². The molecule has 0 spiro atoms. The highest BCUT2D eigenvalue weighted by atomic mass is 79.9. The topological polar surface area (TPSA) is 35.8 Å². The minimum Gasteiger partial charge on any atom is -0.295 e. The molecule has 1 N–H and O–H groups in total. The zero-order chi connectivity index (χ0) is 12.3. The Balaban J connectivity index is 2.11. The summed E-state index contributed by atoms with van der Waals surface area (Å²) in [6.45, 7) is 0. The van der Waals surface area contributed by atoms with Gasteiger partial charge in [-0.05, 0) is 46.5 Å². The molecule has 1 aliphatic carbocycles. The first-order valence-electron chi connectivity index (χ1n) is 5.81. The second-order valence-corrected chi connectivity index (χ2v) is 5.65. The van der Waals surface area contributed by atoms with Crippen molar-refractivity contribution in [3.63, 3.8) is 0 Å². The van der Waals surface area contributed by atoms with Crippen LogP contribution in [-0.4, -0.2) is 6.04 Å². The Morgan fingerprint density at radius 3 is 2.71 bits per heavy atom. The predicted molar refractivity (Wildman–Crippen MR) is 72.9 cm³/mol. The Labute approximate surface area is 115 Å². The first-order valence-corrected chi connectivity index (χ1v) is 6.98. The van der Waals surface area contributed by atoms with Crippen LogP contribution >= 0.6 is 27.5 Å². The van der Waals surface area contributed by atoms with Gasteiger partial charge < -0.3 is 0 Å². The van der Waals surface area contributed by atoms with Crippen LogP contribution in [0.15, 0.2) is 22.7 Å². The fraction of sp³-hybridized carbons (Fsp3) is 0.462. The van der Waals surface area contributed by atoms with Crippen LogP contribution in [0.25, 0.3) is 0 Å². The number of nitrogens with one attached hydrogen (secondary N) is 1. The fourth-order valence-electron chi connectivity index (χ4n) is 2.23. The van der Waals surface area contributed by atoms with Crippen molar-refractivity contribution in [3.05, 3.63) is 33.3 Å². The highest BCUT2D eigenvalue weighted by Gasteiger charge is 2.20. The van der Waals surface area contributed by atoms with E-state index in [9.17, 15) is 5.26 Å². The molecule has 0 saturated heterocycles. The van der Waals surface area contributed by atoms with Crippen molar-refractivity contribution in [2.45, 2.75) is 37.8 Å². The SMILES string of the molecule is N#CC(NC1CCCC1)c1ccc(Cl)c(Br)c1. The van der Waals surface area contributed by atoms with E-state index in [0.29, 0.717) is 11.1 Å². The molecule has 0 aliphatic heterocycles. The molecule has 4 heteroatoms. The molecule has 1 aliphatic rings. The molecule has 90 valence electrons. The number of hydrogen-bond donors (Lipinski definition) is 1. The average Bonchev–Trinajstić information content (AvgIpc) is 2.82. The number of nitrogens with zero attached hydrogens (tertiary/aromatic N) is 1. The molecule has 2 nitrogen and oxygen atoms in total. The van der Waals surface area contributed by atoms with Crippen molar-refractivity contribution in [3.8, 4) is 6.07 Å². The van der Waals surface area contributed by atoms with Crippen LogP contribution in [0.4, 0.5) is 0 Å². The third-order valence-electron chi connectivity index (χ3n) is 3.16. The van der Waals surface area contributed by atoms with Crippen molar-refractivity contribution < 1.29 is 0 Å². The Kier molecular flexibility index (Phi) is 4.44. The summed E-state index contributed by atoms with van der Waals surface area (Å²) in [7, 11) is 0. The summed E-state index contributed by atoms with van der Waals surface area (Å²) in [5, 5.41) is 13.3. The minimum atomic E-state index is -0.244. The Morgan fingerprint density at radius 1 is 1.41 bits per heavy atom. The van der Waals surface area contributed by atoms with Gasteiger partial charge in [0.25, 0.3) is 0 Å². The molecule has 1 fully saturated rings. The maximum absolute atomic E-state index is 9.24. The van der Waals surface area contributed by atoms with Crippen LogP contribution in [0, 0.1) is 11.3 Å². The van der Waals surface area contributed by atoms with Crippen LogP contribution in [0.3, 0.4) is 0 Å². The molecule has 0 amide bonds. The van der Waals surface area contributed by atoms with E-state index in [1.165, 1.54) is 25.7 Å². The van der Waals surface area contributed by atoms with Gasteiger partial charge in [-0.1, -0.05) is 30.5 Å². The van der Waals surface area contributed by atoms with E-state index < -0.39 is 0 Å². The highest BCUT2D eigenvalue weighted by molar-refractivity contribution is 9.10. The number of nitriles is 1. The van der Waals surface area contributed by atoms with Crippen LogP contribution in [0.5, 0.6) is 0 Å². The van der Waals surface area contributed by atoms with Crippen molar-refractivity contribution in [2.24, 2.45) is 0 Å². The third kappa shape index (κ3) is 3.22. The molecule has 1 aromatic rings. The summed E-state index contributed by atoms with van der Waals surface area (Å²) >= 11 is 9.34. The van der Waals surface area contributed by atoms with Gasteiger partial charge in [-0.25, -0.2) is 0 Å². The van der Waals surface area contributed by atoms with Gasteiger partial charge in [0.1, 0.15) is 6.04 Å². The monoisotopic (exact) mass is 312 g/mol. The molecular formula is C13H14BrClN2. The minimum absolute atomic E-state index is 0.244. The maximum atomic E-state index is 9.24. The fourth-order valence-corrected chi connectivity index (χ4v) is 2.74. The van der Waals surface area contributed by atoms with E-state index in [1.54, 1.807) is 0 Å². The smallest absolute Gasteiger partial charge is 0.121 e. The number of hydrogen-bond acceptors (Lipinski definition) is 2. The number of benzene rings is 1. The Hall–Kier alpha value is -0.560. The van der Waals surface area contributed by atoms with Crippen molar-refractivity contribution in [1.29, 1.82) is 5.26 Å². The lowest BCUT2D eigenvalue weighted by Gasteiger charge is -2.17. The van der Waals surface area contributed by atoms with Crippen LogP contribution in [-0.2, 0) is 0 Å². The molecule has 1 atom stereocenters. The summed E-state index contributed by atoms with van der Waals surface area (Å²) in [4.78, 5) is 0. The van der Waals surface area contributed by atoms with Crippen LogP contribution < -0.4 is 5.32 Å². The first kappa shape index (κ1) is 12.9. The van der Waals surface area contributed by atoms with Gasteiger partial charge in [0, 0.05) is 10.5 Å². The second kappa shape index (κ2) is 5.86. The third-order valence-corrected chi connectivity index (χ3v) is 4.38.